The molecule has 0 saturated heterocycles. The fraction of sp³-hybridized carbons (Fsp3) is 0.0714. The first-order chi connectivity index (χ1) is 9.10. The van der Waals surface area contributed by atoms with Gasteiger partial charge in [0.2, 0.25) is 0 Å². The second-order valence-corrected chi connectivity index (χ2v) is 5.23. The molecule has 1 nitrogen and oxygen atoms in total. The van der Waals surface area contributed by atoms with Crippen molar-refractivity contribution in [2.75, 3.05) is 0 Å². The number of halogens is 3. The van der Waals surface area contributed by atoms with Crippen molar-refractivity contribution in [3.63, 3.8) is 0 Å². The van der Waals surface area contributed by atoms with Gasteiger partial charge in [0.15, 0.2) is 6.29 Å². The van der Waals surface area contributed by atoms with E-state index in [1.807, 2.05) is 0 Å². The van der Waals surface area contributed by atoms with Crippen LogP contribution in [0.2, 0.25) is 5.02 Å². The Kier molecular flexibility index (Phi) is 4.56. The maximum atomic E-state index is 12.2. The Hall–Kier alpha value is -1.39. The van der Waals surface area contributed by atoms with E-state index in [1.54, 1.807) is 42.5 Å². The molecule has 0 atom stereocenters. The minimum Gasteiger partial charge on any atom is -0.298 e. The number of thioether (sulfide) groups is 1. The maximum Gasteiger partial charge on any atom is 0.288 e. The van der Waals surface area contributed by atoms with Crippen molar-refractivity contribution >= 4 is 29.6 Å². The number of aldehydes is 1. The number of hydrogen-bond acceptors (Lipinski definition) is 2. The highest BCUT2D eigenvalue weighted by Crippen LogP contribution is 2.29. The molecule has 0 spiro atoms. The molecule has 0 aliphatic rings. The molecule has 0 saturated carbocycles. The Morgan fingerprint density at radius 1 is 1.05 bits per heavy atom. The van der Waals surface area contributed by atoms with Crippen LogP contribution in [0, 0.1) is 0 Å². The van der Waals surface area contributed by atoms with Crippen molar-refractivity contribution in [3.05, 3.63) is 53.1 Å². The first-order valence-electron chi connectivity index (χ1n) is 5.40. The van der Waals surface area contributed by atoms with E-state index in [2.05, 4.69) is 0 Å². The van der Waals surface area contributed by atoms with Gasteiger partial charge in [0, 0.05) is 10.5 Å². The monoisotopic (exact) mass is 298 g/mol. The number of carbonyl (C=O) groups excluding carboxylic acids is 1. The molecule has 5 heteroatoms. The third-order valence-electron chi connectivity index (χ3n) is 2.54. The van der Waals surface area contributed by atoms with E-state index in [1.165, 1.54) is 0 Å². The van der Waals surface area contributed by atoms with Gasteiger partial charge >= 0.3 is 0 Å². The first kappa shape index (κ1) is 14.0. The highest BCUT2D eigenvalue weighted by atomic mass is 35.5. The lowest BCUT2D eigenvalue weighted by atomic mass is 10.0. The third kappa shape index (κ3) is 3.55. The zero-order valence-electron chi connectivity index (χ0n) is 9.65. The summed E-state index contributed by atoms with van der Waals surface area (Å²) in [6, 6.07) is 11.8. The summed E-state index contributed by atoms with van der Waals surface area (Å²) in [7, 11) is 0. The predicted octanol–water partition coefficient (Wildman–Crippen LogP) is 5.13. The van der Waals surface area contributed by atoms with Crippen molar-refractivity contribution < 1.29 is 13.6 Å². The van der Waals surface area contributed by atoms with Gasteiger partial charge in [0.05, 0.1) is 5.02 Å². The molecule has 0 aliphatic carbocycles. The average molecular weight is 299 g/mol. The Bertz CT molecular complexity index is 584. The zero-order valence-corrected chi connectivity index (χ0v) is 11.2. The van der Waals surface area contributed by atoms with Gasteiger partial charge in [-0.05, 0) is 35.4 Å². The molecule has 98 valence electrons. The van der Waals surface area contributed by atoms with E-state index in [9.17, 15) is 13.6 Å². The van der Waals surface area contributed by atoms with Crippen LogP contribution in [-0.2, 0) is 0 Å². The molecule has 0 unspecified atom stereocenters. The molecule has 0 aliphatic heterocycles. The molecule has 0 amide bonds. The first-order valence-corrected chi connectivity index (χ1v) is 6.66. The van der Waals surface area contributed by atoms with Gasteiger partial charge in [-0.3, -0.25) is 4.79 Å². The van der Waals surface area contributed by atoms with E-state index in [-0.39, 0.29) is 0 Å². The summed E-state index contributed by atoms with van der Waals surface area (Å²) in [6.07, 6.45) is 0.687. The van der Waals surface area contributed by atoms with Crippen LogP contribution in [0.15, 0.2) is 47.4 Å². The van der Waals surface area contributed by atoms with Crippen LogP contribution in [0.3, 0.4) is 0 Å². The Labute approximate surface area is 118 Å². The van der Waals surface area contributed by atoms with Crippen molar-refractivity contribution in [1.29, 1.82) is 0 Å². The normalized spacial score (nSPS) is 10.7. The van der Waals surface area contributed by atoms with Crippen molar-refractivity contribution in [2.24, 2.45) is 0 Å². The van der Waals surface area contributed by atoms with Crippen molar-refractivity contribution in [3.8, 4) is 11.1 Å². The van der Waals surface area contributed by atoms with Crippen LogP contribution < -0.4 is 0 Å². The summed E-state index contributed by atoms with van der Waals surface area (Å²) in [4.78, 5) is 11.3. The standard InChI is InChI=1S/C14H9ClF2OS/c15-13-6-3-10(7-11(13)8-18)9-1-4-12(5-2-9)19-14(16)17/h1-8,14H. The maximum absolute atomic E-state index is 12.2. The summed E-state index contributed by atoms with van der Waals surface area (Å²) in [6.45, 7) is 0. The molecule has 2 aromatic rings. The van der Waals surface area contributed by atoms with Gasteiger partial charge in [-0.25, -0.2) is 0 Å². The lowest BCUT2D eigenvalue weighted by Gasteiger charge is -2.05. The van der Waals surface area contributed by atoms with Gasteiger partial charge in [-0.1, -0.05) is 41.6 Å². The molecule has 0 heterocycles. The molecule has 0 fully saturated rings. The number of benzene rings is 2. The number of carbonyl (C=O) groups is 1. The second-order valence-electron chi connectivity index (χ2n) is 3.76. The summed E-state index contributed by atoms with van der Waals surface area (Å²) in [5.41, 5.74) is 2.07. The lowest BCUT2D eigenvalue weighted by Crippen LogP contribution is -1.85. The van der Waals surface area contributed by atoms with Crippen LogP contribution in [0.4, 0.5) is 8.78 Å². The Morgan fingerprint density at radius 2 is 1.68 bits per heavy atom. The van der Waals surface area contributed by atoms with Gasteiger partial charge in [0.25, 0.3) is 5.76 Å². The summed E-state index contributed by atoms with van der Waals surface area (Å²) in [5.74, 6) is -2.43. The van der Waals surface area contributed by atoms with Crippen LogP contribution in [0.5, 0.6) is 0 Å². The minimum atomic E-state index is -2.43. The lowest BCUT2D eigenvalue weighted by molar-refractivity contribution is 0.112. The van der Waals surface area contributed by atoms with Crippen LogP contribution in [-0.4, -0.2) is 12.0 Å². The SMILES string of the molecule is O=Cc1cc(-c2ccc(SC(F)F)cc2)ccc1Cl. The van der Waals surface area contributed by atoms with E-state index in [0.29, 0.717) is 33.5 Å². The Balaban J connectivity index is 2.29. The molecule has 2 aromatic carbocycles. The molecule has 0 N–H and O–H groups in total. The summed E-state index contributed by atoms with van der Waals surface area (Å²) < 4.78 is 24.4. The topological polar surface area (TPSA) is 17.1 Å². The van der Waals surface area contributed by atoms with E-state index in [0.717, 1.165) is 11.1 Å². The molecule has 0 radical (unpaired) electrons. The quantitative estimate of drug-likeness (QED) is 0.574. The van der Waals surface area contributed by atoms with Gasteiger partial charge in [-0.2, -0.15) is 8.78 Å². The van der Waals surface area contributed by atoms with E-state index < -0.39 is 5.76 Å². The average Bonchev–Trinajstić information content (AvgIpc) is 2.40. The molecule has 2 rings (SSSR count). The molecule has 19 heavy (non-hydrogen) atoms. The zero-order chi connectivity index (χ0) is 13.8. The van der Waals surface area contributed by atoms with E-state index in [4.69, 9.17) is 11.6 Å². The van der Waals surface area contributed by atoms with Crippen molar-refractivity contribution in [2.45, 2.75) is 10.7 Å². The minimum absolute atomic E-state index is 0.392. The fourth-order valence-corrected chi connectivity index (χ4v) is 2.30. The fourth-order valence-electron chi connectivity index (χ4n) is 1.64. The third-order valence-corrected chi connectivity index (χ3v) is 3.60. The number of hydrogen-bond donors (Lipinski definition) is 0. The number of alkyl halides is 2. The molecule has 0 aromatic heterocycles. The second kappa shape index (κ2) is 6.17. The Morgan fingerprint density at radius 3 is 2.26 bits per heavy atom. The summed E-state index contributed by atoms with van der Waals surface area (Å²) in [5, 5.41) is 0.392. The van der Waals surface area contributed by atoms with Crippen molar-refractivity contribution in [1.82, 2.24) is 0 Å². The predicted molar refractivity (Wildman–Crippen MR) is 74.1 cm³/mol. The van der Waals surface area contributed by atoms with Crippen LogP contribution >= 0.6 is 23.4 Å². The molecule has 0 bridgehead atoms. The molecular formula is C14H9ClF2OS. The molecular weight excluding hydrogens is 290 g/mol. The highest BCUT2D eigenvalue weighted by Gasteiger charge is 2.06. The van der Waals surface area contributed by atoms with Crippen LogP contribution in [0.25, 0.3) is 11.1 Å². The number of rotatable bonds is 4. The highest BCUT2D eigenvalue weighted by molar-refractivity contribution is 7.99. The summed E-state index contributed by atoms with van der Waals surface area (Å²) >= 11 is 6.35. The van der Waals surface area contributed by atoms with Crippen LogP contribution in [0.1, 0.15) is 10.4 Å². The van der Waals surface area contributed by atoms with Gasteiger partial charge in [-0.15, -0.1) is 0 Å². The van der Waals surface area contributed by atoms with E-state index >= 15 is 0 Å². The largest absolute Gasteiger partial charge is 0.298 e. The van der Waals surface area contributed by atoms with Gasteiger partial charge in [0.1, 0.15) is 0 Å². The van der Waals surface area contributed by atoms with Gasteiger partial charge < -0.3 is 0 Å². The smallest absolute Gasteiger partial charge is 0.288 e.